The van der Waals surface area contributed by atoms with Crippen molar-refractivity contribution in [2.75, 3.05) is 6.26 Å². The molecule has 1 saturated carbocycles. The maximum Gasteiger partial charge on any atom is 0.341 e. The van der Waals surface area contributed by atoms with Crippen LogP contribution in [0, 0.1) is 29.1 Å². The number of rotatable bonds is 6. The molecule has 0 bridgehead atoms. The van der Waals surface area contributed by atoms with E-state index in [0.29, 0.717) is 34.1 Å². The molecule has 3 unspecified atom stereocenters. The summed E-state index contributed by atoms with van der Waals surface area (Å²) in [7, 11) is 0. The normalized spacial score (nSPS) is 20.1. The van der Waals surface area contributed by atoms with Gasteiger partial charge in [0.1, 0.15) is 18.2 Å². The van der Waals surface area contributed by atoms with Gasteiger partial charge in [-0.1, -0.05) is 57.5 Å². The standard InChI is InChI=1S/C29H32N2O3S/c1-18(2)22-11-10-19(3)14-23(22)21-12-13-31-25(15-21)26(27(35-4)24(16-30)28(31)32)29(33)34-17-20-8-6-5-7-9-20/h5-9,12-13,15,18-19,22-23H,10-11,14,17H2,1-4H3. The molecule has 4 rings (SSSR count). The molecule has 0 amide bonds. The lowest BCUT2D eigenvalue weighted by atomic mass is 9.68. The van der Waals surface area contributed by atoms with Gasteiger partial charge in [-0.25, -0.2) is 4.79 Å². The zero-order valence-electron chi connectivity index (χ0n) is 20.8. The number of hydrogen-bond donors (Lipinski definition) is 0. The van der Waals surface area contributed by atoms with Crippen molar-refractivity contribution < 1.29 is 9.53 Å². The van der Waals surface area contributed by atoms with Crippen LogP contribution in [-0.4, -0.2) is 16.6 Å². The van der Waals surface area contributed by atoms with Crippen LogP contribution in [0.15, 0.2) is 58.4 Å². The number of hydrogen-bond acceptors (Lipinski definition) is 5. The van der Waals surface area contributed by atoms with Crippen molar-refractivity contribution >= 4 is 23.2 Å². The summed E-state index contributed by atoms with van der Waals surface area (Å²) in [6.45, 7) is 6.97. The Labute approximate surface area is 211 Å². The molecule has 0 radical (unpaired) electrons. The van der Waals surface area contributed by atoms with Crippen LogP contribution in [0.2, 0.25) is 0 Å². The van der Waals surface area contributed by atoms with E-state index in [1.165, 1.54) is 29.0 Å². The minimum atomic E-state index is -0.526. The van der Waals surface area contributed by atoms with E-state index in [9.17, 15) is 14.9 Å². The van der Waals surface area contributed by atoms with E-state index >= 15 is 0 Å². The number of nitriles is 1. The second kappa shape index (κ2) is 10.7. The lowest BCUT2D eigenvalue weighted by Gasteiger charge is -2.38. The highest BCUT2D eigenvalue weighted by atomic mass is 32.2. The summed E-state index contributed by atoms with van der Waals surface area (Å²) in [6.07, 6.45) is 7.00. The second-order valence-electron chi connectivity index (χ2n) is 9.91. The Morgan fingerprint density at radius 1 is 1.23 bits per heavy atom. The molecule has 6 heteroatoms. The first kappa shape index (κ1) is 25.1. The Hall–Kier alpha value is -3.04. The molecule has 2 aromatic heterocycles. The summed E-state index contributed by atoms with van der Waals surface area (Å²) in [6, 6.07) is 15.5. The smallest absolute Gasteiger partial charge is 0.341 e. The molecule has 5 nitrogen and oxygen atoms in total. The van der Waals surface area contributed by atoms with Crippen LogP contribution in [0.5, 0.6) is 0 Å². The van der Waals surface area contributed by atoms with Crippen LogP contribution < -0.4 is 5.56 Å². The fraction of sp³-hybridized carbons (Fsp3) is 0.414. The van der Waals surface area contributed by atoms with Gasteiger partial charge in [-0.3, -0.25) is 9.20 Å². The van der Waals surface area contributed by atoms with Crippen LogP contribution in [0.3, 0.4) is 0 Å². The molecule has 182 valence electrons. The molecule has 1 aliphatic rings. The lowest BCUT2D eigenvalue weighted by molar-refractivity contribution is 0.0470. The third-order valence-electron chi connectivity index (χ3n) is 7.31. The number of fused-ring (bicyclic) bond motifs is 1. The number of nitrogens with zero attached hydrogens (tertiary/aromatic N) is 2. The van der Waals surface area contributed by atoms with Crippen molar-refractivity contribution in [1.29, 1.82) is 5.26 Å². The summed E-state index contributed by atoms with van der Waals surface area (Å²) in [5.74, 6) is 1.56. The molecule has 2 heterocycles. The molecular weight excluding hydrogens is 456 g/mol. The zero-order valence-corrected chi connectivity index (χ0v) is 21.6. The molecule has 0 aliphatic heterocycles. The Morgan fingerprint density at radius 2 is 1.97 bits per heavy atom. The summed E-state index contributed by atoms with van der Waals surface area (Å²) in [5, 5.41) is 9.76. The molecule has 0 spiro atoms. The van der Waals surface area contributed by atoms with Gasteiger partial charge in [-0.05, 0) is 66.0 Å². The van der Waals surface area contributed by atoms with Crippen LogP contribution in [0.25, 0.3) is 5.52 Å². The van der Waals surface area contributed by atoms with Gasteiger partial charge < -0.3 is 4.74 Å². The Kier molecular flexibility index (Phi) is 7.66. The Bertz CT molecular complexity index is 1320. The highest BCUT2D eigenvalue weighted by Gasteiger charge is 2.32. The van der Waals surface area contributed by atoms with Crippen molar-refractivity contribution in [3.05, 3.63) is 81.3 Å². The SMILES string of the molecule is CSc1c(C#N)c(=O)n2ccc(C3CC(C)CCC3C(C)C)cc2c1C(=O)OCc1ccccc1. The van der Waals surface area contributed by atoms with Gasteiger partial charge >= 0.3 is 5.97 Å². The van der Waals surface area contributed by atoms with E-state index in [2.05, 4.69) is 20.8 Å². The Morgan fingerprint density at radius 3 is 2.63 bits per heavy atom. The maximum absolute atomic E-state index is 13.4. The molecule has 35 heavy (non-hydrogen) atoms. The van der Waals surface area contributed by atoms with Gasteiger partial charge in [0.05, 0.1) is 11.1 Å². The van der Waals surface area contributed by atoms with E-state index in [1.807, 2.05) is 48.5 Å². The fourth-order valence-corrected chi connectivity index (χ4v) is 6.19. The van der Waals surface area contributed by atoms with Crippen LogP contribution in [-0.2, 0) is 11.3 Å². The number of carbonyl (C=O) groups excluding carboxylic acids is 1. The largest absolute Gasteiger partial charge is 0.457 e. The lowest BCUT2D eigenvalue weighted by Crippen LogP contribution is -2.27. The van der Waals surface area contributed by atoms with Gasteiger partial charge in [-0.15, -0.1) is 11.8 Å². The van der Waals surface area contributed by atoms with Crippen molar-refractivity contribution in [1.82, 2.24) is 4.40 Å². The van der Waals surface area contributed by atoms with E-state index < -0.39 is 11.5 Å². The third-order valence-corrected chi connectivity index (χ3v) is 8.12. The van der Waals surface area contributed by atoms with E-state index in [4.69, 9.17) is 4.74 Å². The van der Waals surface area contributed by atoms with Gasteiger partial charge in [0.25, 0.3) is 5.56 Å². The number of ether oxygens (including phenoxy) is 1. The highest BCUT2D eigenvalue weighted by molar-refractivity contribution is 7.98. The summed E-state index contributed by atoms with van der Waals surface area (Å²) < 4.78 is 7.12. The molecule has 1 aromatic carbocycles. The minimum absolute atomic E-state index is 0.0271. The number of aromatic nitrogens is 1. The quantitative estimate of drug-likeness (QED) is 0.295. The monoisotopic (exact) mass is 488 g/mol. The van der Waals surface area contributed by atoms with E-state index in [-0.39, 0.29) is 17.7 Å². The molecule has 3 aromatic rings. The van der Waals surface area contributed by atoms with Crippen LogP contribution in [0.1, 0.15) is 73.0 Å². The Balaban J connectivity index is 1.85. The molecule has 1 aliphatic carbocycles. The predicted octanol–water partition coefficient (Wildman–Crippen LogP) is 6.43. The number of pyridine rings is 2. The molecule has 0 saturated heterocycles. The van der Waals surface area contributed by atoms with E-state index in [1.54, 1.807) is 12.5 Å². The van der Waals surface area contributed by atoms with Crippen molar-refractivity contribution in [2.45, 2.75) is 57.5 Å². The first-order valence-electron chi connectivity index (χ1n) is 12.2. The van der Waals surface area contributed by atoms with Gasteiger partial charge in [0, 0.05) is 11.1 Å². The van der Waals surface area contributed by atoms with Crippen LogP contribution in [0.4, 0.5) is 0 Å². The predicted molar refractivity (Wildman–Crippen MR) is 140 cm³/mol. The molecule has 0 N–H and O–H groups in total. The molecule has 3 atom stereocenters. The minimum Gasteiger partial charge on any atom is -0.457 e. The van der Waals surface area contributed by atoms with Gasteiger partial charge in [-0.2, -0.15) is 5.26 Å². The summed E-state index contributed by atoms with van der Waals surface area (Å²) >= 11 is 1.24. The van der Waals surface area contributed by atoms with Crippen molar-refractivity contribution in [2.24, 2.45) is 17.8 Å². The molecular formula is C29H32N2O3S. The second-order valence-corrected chi connectivity index (χ2v) is 10.7. The third kappa shape index (κ3) is 5.01. The maximum atomic E-state index is 13.4. The zero-order chi connectivity index (χ0) is 25.1. The number of carbonyl (C=O) groups is 1. The summed E-state index contributed by atoms with van der Waals surface area (Å²) in [5.41, 5.74) is 2.38. The molecule has 1 fully saturated rings. The van der Waals surface area contributed by atoms with Gasteiger partial charge in [0.15, 0.2) is 0 Å². The topological polar surface area (TPSA) is 71.6 Å². The van der Waals surface area contributed by atoms with Crippen molar-refractivity contribution in [3.8, 4) is 6.07 Å². The highest BCUT2D eigenvalue weighted by Crippen LogP contribution is 2.44. The van der Waals surface area contributed by atoms with Crippen LogP contribution >= 0.6 is 11.8 Å². The average molecular weight is 489 g/mol. The number of thioether (sulfide) groups is 1. The fourth-order valence-electron chi connectivity index (χ4n) is 5.46. The summed E-state index contributed by atoms with van der Waals surface area (Å²) in [4.78, 5) is 27.0. The number of benzene rings is 1. The van der Waals surface area contributed by atoms with Gasteiger partial charge in [0.2, 0.25) is 0 Å². The van der Waals surface area contributed by atoms with Crippen molar-refractivity contribution in [3.63, 3.8) is 0 Å². The van der Waals surface area contributed by atoms with E-state index in [0.717, 1.165) is 17.5 Å². The first-order chi connectivity index (χ1) is 16.8. The average Bonchev–Trinajstić information content (AvgIpc) is 2.87. The number of esters is 1. The first-order valence-corrected chi connectivity index (χ1v) is 13.5.